The Kier molecular flexibility index (Phi) is 8.00. The summed E-state index contributed by atoms with van der Waals surface area (Å²) < 4.78 is 4.78. The Bertz CT molecular complexity index is 3350. The monoisotopic (exact) mass is 756 g/mol. The van der Waals surface area contributed by atoms with E-state index in [1.165, 1.54) is 111 Å². The number of para-hydroxylation sites is 3. The maximum absolute atomic E-state index is 2.41. The Morgan fingerprint density at radius 3 is 1.27 bits per heavy atom. The summed E-state index contributed by atoms with van der Waals surface area (Å²) in [5, 5.41) is 5.08. The van der Waals surface area contributed by atoms with E-state index in [9.17, 15) is 0 Å². The Hall–Kier alpha value is -7.16. The van der Waals surface area contributed by atoms with Crippen LogP contribution >= 0.6 is 0 Å². The number of hydrogen-bond donors (Lipinski definition) is 0. The van der Waals surface area contributed by atoms with E-state index in [2.05, 4.69) is 231 Å². The van der Waals surface area contributed by atoms with Gasteiger partial charge in [0.2, 0.25) is 0 Å². The van der Waals surface area contributed by atoms with Crippen molar-refractivity contribution in [1.82, 2.24) is 9.13 Å². The van der Waals surface area contributed by atoms with E-state index < -0.39 is 0 Å². The van der Waals surface area contributed by atoms with Gasteiger partial charge in [-0.3, -0.25) is 0 Å². The zero-order valence-corrected chi connectivity index (χ0v) is 33.9. The van der Waals surface area contributed by atoms with Gasteiger partial charge in [-0.05, 0) is 130 Å². The van der Waals surface area contributed by atoms with Crippen LogP contribution in [0.4, 0.5) is 0 Å². The maximum Gasteiger partial charge on any atom is 0.0541 e. The minimum atomic E-state index is -0.120. The van der Waals surface area contributed by atoms with Crippen LogP contribution in [0.25, 0.3) is 90.4 Å². The summed E-state index contributed by atoms with van der Waals surface area (Å²) in [7, 11) is 0. The van der Waals surface area contributed by atoms with E-state index in [1.807, 2.05) is 0 Å². The van der Waals surface area contributed by atoms with Crippen molar-refractivity contribution in [2.75, 3.05) is 0 Å². The Morgan fingerprint density at radius 1 is 0.356 bits per heavy atom. The summed E-state index contributed by atoms with van der Waals surface area (Å²) >= 11 is 0. The van der Waals surface area contributed by atoms with Gasteiger partial charge in [0.25, 0.3) is 0 Å². The maximum atomic E-state index is 2.41. The van der Waals surface area contributed by atoms with E-state index in [0.717, 1.165) is 0 Å². The Morgan fingerprint density at radius 2 is 0.763 bits per heavy atom. The standard InChI is InChI=1S/C57H44N2/c1-37-30-38(2)32-44(31-37)59-54-17-11-9-15-48(54)50-34-40(25-29-56(50)59)19-21-42-23-27-46-45-26-22-41(35-51(45)57(3,4)52(46)36-42)20-18-39-24-28-55-49(33-39)47-14-8-10-16-53(47)58(55)43-12-6-5-7-13-43/h5-36H,1-4H3. The molecule has 1 aliphatic carbocycles. The van der Waals surface area contributed by atoms with Crippen LogP contribution in [0.5, 0.6) is 0 Å². The van der Waals surface area contributed by atoms with Crippen molar-refractivity contribution in [2.24, 2.45) is 0 Å². The van der Waals surface area contributed by atoms with Crippen molar-refractivity contribution in [1.29, 1.82) is 0 Å². The van der Waals surface area contributed by atoms with Crippen molar-refractivity contribution in [2.45, 2.75) is 33.1 Å². The summed E-state index contributed by atoms with van der Waals surface area (Å²) in [6, 6.07) is 62.6. The quantitative estimate of drug-likeness (QED) is 0.150. The van der Waals surface area contributed by atoms with Gasteiger partial charge < -0.3 is 9.13 Å². The van der Waals surface area contributed by atoms with Gasteiger partial charge >= 0.3 is 0 Å². The number of fused-ring (bicyclic) bond motifs is 9. The molecule has 0 atom stereocenters. The van der Waals surface area contributed by atoms with Gasteiger partial charge in [0.05, 0.1) is 22.1 Å². The fourth-order valence-electron chi connectivity index (χ4n) is 9.77. The zero-order chi connectivity index (χ0) is 39.8. The molecule has 0 saturated heterocycles. The van der Waals surface area contributed by atoms with E-state index in [1.54, 1.807) is 0 Å². The van der Waals surface area contributed by atoms with Gasteiger partial charge in [-0.1, -0.05) is 147 Å². The van der Waals surface area contributed by atoms with Gasteiger partial charge in [0, 0.05) is 38.3 Å². The summed E-state index contributed by atoms with van der Waals surface area (Å²) in [4.78, 5) is 0. The lowest BCUT2D eigenvalue weighted by Gasteiger charge is -2.22. The second-order valence-corrected chi connectivity index (χ2v) is 16.8. The van der Waals surface area contributed by atoms with Crippen molar-refractivity contribution in [3.8, 4) is 22.5 Å². The van der Waals surface area contributed by atoms with Crippen LogP contribution in [-0.4, -0.2) is 9.13 Å². The lowest BCUT2D eigenvalue weighted by molar-refractivity contribution is 0.660. The molecular formula is C57H44N2. The van der Waals surface area contributed by atoms with Gasteiger partial charge in [-0.25, -0.2) is 0 Å². The molecule has 0 aliphatic heterocycles. The summed E-state index contributed by atoms with van der Waals surface area (Å²) in [5.41, 5.74) is 20.0. The van der Waals surface area contributed by atoms with Crippen LogP contribution in [0.15, 0.2) is 170 Å². The number of nitrogens with zero attached hydrogens (tertiary/aromatic N) is 2. The first-order valence-electron chi connectivity index (χ1n) is 20.7. The molecule has 2 aromatic heterocycles. The predicted octanol–water partition coefficient (Wildman–Crippen LogP) is 15.1. The normalized spacial score (nSPS) is 13.4. The number of aryl methyl sites for hydroxylation is 2. The molecule has 2 heterocycles. The lowest BCUT2D eigenvalue weighted by Crippen LogP contribution is -2.15. The largest absolute Gasteiger partial charge is 0.309 e. The smallest absolute Gasteiger partial charge is 0.0541 e. The molecular weight excluding hydrogens is 713 g/mol. The molecule has 2 nitrogen and oxygen atoms in total. The predicted molar refractivity (Wildman–Crippen MR) is 253 cm³/mol. The molecule has 2 heteroatoms. The van der Waals surface area contributed by atoms with Gasteiger partial charge in [0.1, 0.15) is 0 Å². The molecule has 1 aliphatic rings. The number of benzene rings is 8. The third-order valence-corrected chi connectivity index (χ3v) is 12.5. The van der Waals surface area contributed by atoms with Crippen LogP contribution in [0.1, 0.15) is 58.4 Å². The van der Waals surface area contributed by atoms with Gasteiger partial charge in [-0.15, -0.1) is 0 Å². The topological polar surface area (TPSA) is 9.86 Å². The molecule has 282 valence electrons. The zero-order valence-electron chi connectivity index (χ0n) is 33.9. The first-order chi connectivity index (χ1) is 28.8. The molecule has 0 radical (unpaired) electrons. The second kappa shape index (κ2) is 13.5. The van der Waals surface area contributed by atoms with Crippen molar-refractivity contribution < 1.29 is 0 Å². The first-order valence-corrected chi connectivity index (χ1v) is 20.7. The van der Waals surface area contributed by atoms with Crippen LogP contribution in [0.3, 0.4) is 0 Å². The van der Waals surface area contributed by atoms with Crippen molar-refractivity contribution >= 4 is 67.9 Å². The van der Waals surface area contributed by atoms with E-state index in [4.69, 9.17) is 0 Å². The van der Waals surface area contributed by atoms with Crippen molar-refractivity contribution in [3.63, 3.8) is 0 Å². The minimum Gasteiger partial charge on any atom is -0.309 e. The average Bonchev–Trinajstić information content (AvgIpc) is 3.84. The molecule has 11 rings (SSSR count). The van der Waals surface area contributed by atoms with Crippen LogP contribution in [0, 0.1) is 13.8 Å². The molecule has 0 fully saturated rings. The molecule has 8 aromatic carbocycles. The molecule has 0 bridgehead atoms. The second-order valence-electron chi connectivity index (χ2n) is 16.8. The lowest BCUT2D eigenvalue weighted by atomic mass is 9.81. The summed E-state index contributed by atoms with van der Waals surface area (Å²) in [5.74, 6) is 0. The first kappa shape index (κ1) is 35.0. The number of hydrogen-bond acceptors (Lipinski definition) is 0. The average molecular weight is 757 g/mol. The third kappa shape index (κ3) is 5.78. The number of rotatable bonds is 6. The van der Waals surface area contributed by atoms with Gasteiger partial charge in [-0.2, -0.15) is 0 Å². The fourth-order valence-corrected chi connectivity index (χ4v) is 9.77. The molecule has 59 heavy (non-hydrogen) atoms. The molecule has 0 N–H and O–H groups in total. The van der Waals surface area contributed by atoms with Crippen LogP contribution in [-0.2, 0) is 5.41 Å². The van der Waals surface area contributed by atoms with Crippen LogP contribution in [0.2, 0.25) is 0 Å². The molecule has 0 saturated carbocycles. The summed E-state index contributed by atoms with van der Waals surface area (Å²) in [6.45, 7) is 9.09. The number of aromatic nitrogens is 2. The molecule has 0 unspecified atom stereocenters. The Labute approximate surface area is 345 Å². The molecule has 0 spiro atoms. The highest BCUT2D eigenvalue weighted by molar-refractivity contribution is 6.11. The fraction of sp³-hybridized carbons (Fsp3) is 0.0877. The SMILES string of the molecule is Cc1cc(C)cc(-n2c3ccccc3c3cc(C=Cc4ccc5c(c4)C(C)(C)c4cc(C=Cc6ccc7c(c6)c6ccccc6n7-c6ccccc6)ccc4-5)ccc32)c1. The highest BCUT2D eigenvalue weighted by Crippen LogP contribution is 2.49. The van der Waals surface area contributed by atoms with Crippen molar-refractivity contribution in [3.05, 3.63) is 214 Å². The van der Waals surface area contributed by atoms with Gasteiger partial charge in [0.15, 0.2) is 0 Å². The minimum absolute atomic E-state index is 0.120. The molecule has 0 amide bonds. The molecule has 10 aromatic rings. The third-order valence-electron chi connectivity index (χ3n) is 12.5. The van der Waals surface area contributed by atoms with E-state index in [-0.39, 0.29) is 5.41 Å². The van der Waals surface area contributed by atoms with Crippen LogP contribution < -0.4 is 0 Å². The highest BCUT2D eigenvalue weighted by atomic mass is 15.0. The van der Waals surface area contributed by atoms with E-state index in [0.29, 0.717) is 0 Å². The Balaban J connectivity index is 0.882. The highest BCUT2D eigenvalue weighted by Gasteiger charge is 2.35. The van der Waals surface area contributed by atoms with E-state index >= 15 is 0 Å². The summed E-state index contributed by atoms with van der Waals surface area (Å²) in [6.07, 6.45) is 9.05.